The van der Waals surface area contributed by atoms with Crippen LogP contribution < -0.4 is 0 Å². The minimum atomic E-state index is -1.34. The third-order valence-corrected chi connectivity index (χ3v) is 7.51. The van der Waals surface area contributed by atoms with Crippen LogP contribution in [0.3, 0.4) is 0 Å². The molecule has 144 valence electrons. The molecule has 4 rings (SSSR count). The van der Waals surface area contributed by atoms with Crippen molar-refractivity contribution in [2.24, 2.45) is 0 Å². The highest BCUT2D eigenvalue weighted by atomic mass is 35.5. The first-order chi connectivity index (χ1) is 13.3. The van der Waals surface area contributed by atoms with E-state index in [9.17, 15) is 4.79 Å². The predicted octanol–water partition coefficient (Wildman–Crippen LogP) is 7.55. The SMILES string of the molecule is O=C1C(Cl)=C(Cl)C2(O[C@@H](c3ccc(Cl)c(Cl)c3)[C@@H]2c2ccccc2)C(Cl)=C1Cl. The van der Waals surface area contributed by atoms with E-state index in [-0.39, 0.29) is 26.0 Å². The fourth-order valence-corrected chi connectivity index (χ4v) is 5.15. The van der Waals surface area contributed by atoms with Crippen molar-refractivity contribution >= 4 is 75.4 Å². The molecule has 0 radical (unpaired) electrons. The lowest BCUT2D eigenvalue weighted by atomic mass is 9.68. The van der Waals surface area contributed by atoms with E-state index in [1.54, 1.807) is 12.1 Å². The Labute approximate surface area is 191 Å². The summed E-state index contributed by atoms with van der Waals surface area (Å²) < 4.78 is 6.23. The van der Waals surface area contributed by atoms with Crippen LogP contribution >= 0.6 is 69.6 Å². The number of allylic oxidation sites excluding steroid dienone is 2. The van der Waals surface area contributed by atoms with Gasteiger partial charge in [-0.3, -0.25) is 4.79 Å². The molecule has 2 aromatic rings. The van der Waals surface area contributed by atoms with Gasteiger partial charge in [0.2, 0.25) is 5.78 Å². The summed E-state index contributed by atoms with van der Waals surface area (Å²) in [4.78, 5) is 12.2. The number of hydrogen-bond donors (Lipinski definition) is 0. The summed E-state index contributed by atoms with van der Waals surface area (Å²) in [6.45, 7) is 0. The van der Waals surface area contributed by atoms with Gasteiger partial charge in [0.25, 0.3) is 0 Å². The van der Waals surface area contributed by atoms with Gasteiger partial charge in [-0.15, -0.1) is 0 Å². The molecule has 2 nitrogen and oxygen atoms in total. The maximum absolute atomic E-state index is 12.2. The van der Waals surface area contributed by atoms with Crippen molar-refractivity contribution < 1.29 is 9.53 Å². The number of carbonyl (C=O) groups is 1. The summed E-state index contributed by atoms with van der Waals surface area (Å²) in [5.74, 6) is -1.01. The van der Waals surface area contributed by atoms with E-state index < -0.39 is 17.5 Å². The van der Waals surface area contributed by atoms with Gasteiger partial charge in [-0.2, -0.15) is 0 Å². The molecule has 1 aliphatic carbocycles. The lowest BCUT2D eigenvalue weighted by molar-refractivity contribution is -0.183. The summed E-state index contributed by atoms with van der Waals surface area (Å²) in [5, 5.41) is 0.446. The number of ketones is 1. The van der Waals surface area contributed by atoms with Crippen molar-refractivity contribution in [1.29, 1.82) is 0 Å². The minimum absolute atomic E-state index is 0.0127. The standard InChI is InChI=1S/C20H10Cl6O2/c21-11-7-6-10(8-12(11)22)17-13(9-4-2-1-3-5-9)20(28-17)18(25)14(23)16(27)15(24)19(20)26/h1-8,13,17H/t13-,17-/m0/s1. The summed E-state index contributed by atoms with van der Waals surface area (Å²) in [6, 6.07) is 14.7. The van der Waals surface area contributed by atoms with Gasteiger partial charge in [-0.25, -0.2) is 0 Å². The average molecular weight is 495 g/mol. The molecule has 8 heteroatoms. The first kappa shape index (κ1) is 20.6. The normalized spacial score (nSPS) is 24.0. The van der Waals surface area contributed by atoms with Crippen molar-refractivity contribution in [3.63, 3.8) is 0 Å². The van der Waals surface area contributed by atoms with E-state index in [1.807, 2.05) is 36.4 Å². The van der Waals surface area contributed by atoms with Gasteiger partial charge in [0.1, 0.15) is 10.1 Å². The number of ether oxygens (including phenoxy) is 1. The lowest BCUT2D eigenvalue weighted by Crippen LogP contribution is -2.56. The molecule has 28 heavy (non-hydrogen) atoms. The smallest absolute Gasteiger partial charge is 0.218 e. The Bertz CT molecular complexity index is 1020. The number of benzene rings is 2. The number of Topliss-reactive ketones (excluding diaryl/α,β-unsaturated/α-hetero) is 1. The fourth-order valence-electron chi connectivity index (χ4n) is 3.60. The summed E-state index contributed by atoms with van der Waals surface area (Å²) in [6.07, 6.45) is -0.457. The van der Waals surface area contributed by atoms with Crippen molar-refractivity contribution in [2.75, 3.05) is 0 Å². The molecular formula is C20H10Cl6O2. The van der Waals surface area contributed by atoms with Crippen molar-refractivity contribution in [3.05, 3.63) is 89.8 Å². The van der Waals surface area contributed by atoms with Crippen molar-refractivity contribution in [1.82, 2.24) is 0 Å². The zero-order valence-electron chi connectivity index (χ0n) is 13.9. The molecule has 1 heterocycles. The molecule has 0 saturated carbocycles. The first-order valence-electron chi connectivity index (χ1n) is 8.13. The molecule has 0 aromatic heterocycles. The number of halogens is 6. The summed E-state index contributed by atoms with van der Waals surface area (Å²) in [5.41, 5.74) is 0.333. The second kappa shape index (κ2) is 7.52. The van der Waals surface area contributed by atoms with E-state index in [1.165, 1.54) is 0 Å². The Hall–Kier alpha value is -0.710. The minimum Gasteiger partial charge on any atom is -0.354 e. The van der Waals surface area contributed by atoms with Gasteiger partial charge in [-0.1, -0.05) is 106 Å². The third-order valence-electron chi connectivity index (χ3n) is 4.92. The lowest BCUT2D eigenvalue weighted by Gasteiger charge is -2.56. The average Bonchev–Trinajstić information content (AvgIpc) is 2.68. The first-order valence-corrected chi connectivity index (χ1v) is 10.4. The van der Waals surface area contributed by atoms with Crippen LogP contribution in [0.4, 0.5) is 0 Å². The topological polar surface area (TPSA) is 26.3 Å². The molecule has 2 atom stereocenters. The quantitative estimate of drug-likeness (QED) is 0.431. The number of carbonyl (C=O) groups excluding carboxylic acids is 1. The summed E-state index contributed by atoms with van der Waals surface area (Å²) >= 11 is 37.6. The highest BCUT2D eigenvalue weighted by Crippen LogP contribution is 2.65. The van der Waals surface area contributed by atoms with E-state index in [0.29, 0.717) is 10.0 Å². The van der Waals surface area contributed by atoms with Crippen LogP contribution in [0.25, 0.3) is 0 Å². The molecule has 0 N–H and O–H groups in total. The Kier molecular flexibility index (Phi) is 5.52. The van der Waals surface area contributed by atoms with Crippen LogP contribution in [-0.4, -0.2) is 11.4 Å². The van der Waals surface area contributed by atoms with E-state index in [4.69, 9.17) is 74.3 Å². The van der Waals surface area contributed by atoms with E-state index >= 15 is 0 Å². The van der Waals surface area contributed by atoms with E-state index in [0.717, 1.165) is 11.1 Å². The Balaban J connectivity index is 1.90. The van der Waals surface area contributed by atoms with Crippen molar-refractivity contribution in [2.45, 2.75) is 17.6 Å². The molecule has 1 saturated heterocycles. The van der Waals surface area contributed by atoms with Crippen LogP contribution in [-0.2, 0) is 9.53 Å². The molecule has 2 aliphatic rings. The molecule has 0 amide bonds. The molecular weight excluding hydrogens is 485 g/mol. The van der Waals surface area contributed by atoms with Crippen LogP contribution in [0.15, 0.2) is 68.7 Å². The Morgan fingerprint density at radius 3 is 1.93 bits per heavy atom. The van der Waals surface area contributed by atoms with Gasteiger partial charge >= 0.3 is 0 Å². The fraction of sp³-hybridized carbons (Fsp3) is 0.150. The van der Waals surface area contributed by atoms with Gasteiger partial charge in [0, 0.05) is 0 Å². The van der Waals surface area contributed by atoms with Gasteiger partial charge in [0.15, 0.2) is 5.60 Å². The van der Waals surface area contributed by atoms with Crippen LogP contribution in [0.2, 0.25) is 10.0 Å². The molecule has 0 unspecified atom stereocenters. The molecule has 1 spiro atoms. The molecule has 1 aliphatic heterocycles. The second-order valence-corrected chi connectivity index (χ2v) is 8.75. The maximum atomic E-state index is 12.2. The highest BCUT2D eigenvalue weighted by Gasteiger charge is 2.64. The van der Waals surface area contributed by atoms with Gasteiger partial charge in [0.05, 0.1) is 32.1 Å². The largest absolute Gasteiger partial charge is 0.354 e. The Morgan fingerprint density at radius 1 is 0.750 bits per heavy atom. The van der Waals surface area contributed by atoms with Crippen molar-refractivity contribution in [3.8, 4) is 0 Å². The zero-order valence-corrected chi connectivity index (χ0v) is 18.4. The summed E-state index contributed by atoms with van der Waals surface area (Å²) in [7, 11) is 0. The maximum Gasteiger partial charge on any atom is 0.218 e. The van der Waals surface area contributed by atoms with Gasteiger partial charge in [-0.05, 0) is 23.3 Å². The van der Waals surface area contributed by atoms with Gasteiger partial charge < -0.3 is 4.74 Å². The second-order valence-electron chi connectivity index (χ2n) is 6.42. The monoisotopic (exact) mass is 492 g/mol. The number of rotatable bonds is 2. The van der Waals surface area contributed by atoms with Crippen LogP contribution in [0.1, 0.15) is 23.1 Å². The Morgan fingerprint density at radius 2 is 1.36 bits per heavy atom. The molecule has 0 bridgehead atoms. The molecule has 1 fully saturated rings. The third kappa shape index (κ3) is 2.94. The highest BCUT2D eigenvalue weighted by molar-refractivity contribution is 6.61. The zero-order chi connectivity index (χ0) is 20.2. The van der Waals surface area contributed by atoms with Crippen LogP contribution in [0, 0.1) is 0 Å². The van der Waals surface area contributed by atoms with E-state index in [2.05, 4.69) is 0 Å². The predicted molar refractivity (Wildman–Crippen MR) is 115 cm³/mol. The molecule has 2 aromatic carbocycles. The number of hydrogen-bond acceptors (Lipinski definition) is 2. The van der Waals surface area contributed by atoms with Crippen LogP contribution in [0.5, 0.6) is 0 Å².